The van der Waals surface area contributed by atoms with Crippen LogP contribution < -0.4 is 10.9 Å². The molecule has 1 unspecified atom stereocenters. The second kappa shape index (κ2) is 7.45. The zero-order valence-corrected chi connectivity index (χ0v) is 15.0. The molecule has 1 N–H and O–H groups in total. The first-order chi connectivity index (χ1) is 11.7. The number of nitrogens with one attached hydrogen (secondary N) is 1. The molecular formula is C19H28N4O. The summed E-state index contributed by atoms with van der Waals surface area (Å²) < 4.78 is 1.87. The molecule has 130 valence electrons. The summed E-state index contributed by atoms with van der Waals surface area (Å²) >= 11 is 0. The molecule has 3 rings (SSSR count). The molecule has 1 aromatic heterocycles. The minimum absolute atomic E-state index is 0.0855. The highest BCUT2D eigenvalue weighted by atomic mass is 16.1. The molecule has 1 aliphatic heterocycles. The highest BCUT2D eigenvalue weighted by Crippen LogP contribution is 2.26. The SMILES string of the molecule is CCCC(c1nc2ccccc2c(=O)n1CC)N1CCN[C@@H](C)C1. The van der Waals surface area contributed by atoms with E-state index in [0.717, 1.165) is 43.8 Å². The number of para-hydroxylation sites is 1. The van der Waals surface area contributed by atoms with Gasteiger partial charge in [-0.3, -0.25) is 14.3 Å². The Balaban J connectivity index is 2.11. The molecule has 5 heteroatoms. The Labute approximate surface area is 143 Å². The molecule has 0 amide bonds. The van der Waals surface area contributed by atoms with E-state index in [-0.39, 0.29) is 11.6 Å². The third-order valence-electron chi connectivity index (χ3n) is 4.91. The molecule has 0 bridgehead atoms. The van der Waals surface area contributed by atoms with Crippen molar-refractivity contribution < 1.29 is 0 Å². The van der Waals surface area contributed by atoms with Gasteiger partial charge >= 0.3 is 0 Å². The number of fused-ring (bicyclic) bond motifs is 1. The van der Waals surface area contributed by atoms with Crippen LogP contribution in [0.2, 0.25) is 0 Å². The topological polar surface area (TPSA) is 50.2 Å². The second-order valence-corrected chi connectivity index (χ2v) is 6.69. The standard InChI is InChI=1S/C19H28N4O/c1-4-8-17(22-12-11-20-14(3)13-22)18-21-16-10-7-6-9-15(16)19(24)23(18)5-2/h6-7,9-10,14,17,20H,4-5,8,11-13H2,1-3H3/t14-,17?/m0/s1. The number of nitrogens with zero attached hydrogens (tertiary/aromatic N) is 3. The summed E-state index contributed by atoms with van der Waals surface area (Å²) in [6.45, 7) is 10.1. The molecule has 2 heterocycles. The van der Waals surface area contributed by atoms with Crippen LogP contribution in [0.25, 0.3) is 10.9 Å². The average molecular weight is 328 g/mol. The number of piperazine rings is 1. The van der Waals surface area contributed by atoms with Crippen molar-refractivity contribution in [3.8, 4) is 0 Å². The van der Waals surface area contributed by atoms with E-state index in [1.54, 1.807) is 0 Å². The number of hydrogen-bond acceptors (Lipinski definition) is 4. The molecule has 2 atom stereocenters. The van der Waals surface area contributed by atoms with Crippen molar-refractivity contribution in [1.29, 1.82) is 0 Å². The van der Waals surface area contributed by atoms with Gasteiger partial charge in [0.2, 0.25) is 0 Å². The van der Waals surface area contributed by atoms with Crippen molar-refractivity contribution in [1.82, 2.24) is 19.8 Å². The van der Waals surface area contributed by atoms with Crippen LogP contribution in [0.1, 0.15) is 45.5 Å². The molecule has 1 aliphatic rings. The van der Waals surface area contributed by atoms with Gasteiger partial charge < -0.3 is 5.32 Å². The smallest absolute Gasteiger partial charge is 0.261 e. The van der Waals surface area contributed by atoms with Crippen LogP contribution in [0, 0.1) is 0 Å². The van der Waals surface area contributed by atoms with E-state index < -0.39 is 0 Å². The lowest BCUT2D eigenvalue weighted by atomic mass is 10.1. The minimum atomic E-state index is 0.0855. The van der Waals surface area contributed by atoms with Crippen LogP contribution >= 0.6 is 0 Å². The third kappa shape index (κ3) is 3.23. The highest BCUT2D eigenvalue weighted by molar-refractivity contribution is 5.77. The predicted octanol–water partition coefficient (Wildman–Crippen LogP) is 2.55. The van der Waals surface area contributed by atoms with Gasteiger partial charge in [0.1, 0.15) is 5.82 Å². The zero-order chi connectivity index (χ0) is 17.1. The lowest BCUT2D eigenvalue weighted by Gasteiger charge is -2.38. The Hall–Kier alpha value is -1.72. The van der Waals surface area contributed by atoms with Gasteiger partial charge in [0.15, 0.2) is 0 Å². The fraction of sp³-hybridized carbons (Fsp3) is 0.579. The quantitative estimate of drug-likeness (QED) is 0.916. The lowest BCUT2D eigenvalue weighted by molar-refractivity contribution is 0.132. The molecule has 2 aromatic rings. The molecule has 0 spiro atoms. The van der Waals surface area contributed by atoms with Gasteiger partial charge in [-0.15, -0.1) is 0 Å². The van der Waals surface area contributed by atoms with Gasteiger partial charge in [0.05, 0.1) is 16.9 Å². The Morgan fingerprint density at radius 1 is 1.33 bits per heavy atom. The molecule has 0 saturated carbocycles. The van der Waals surface area contributed by atoms with Gasteiger partial charge in [-0.1, -0.05) is 25.5 Å². The normalized spacial score (nSPS) is 20.4. The molecular weight excluding hydrogens is 300 g/mol. The lowest BCUT2D eigenvalue weighted by Crippen LogP contribution is -2.51. The predicted molar refractivity (Wildman–Crippen MR) is 98.4 cm³/mol. The number of rotatable bonds is 5. The monoisotopic (exact) mass is 328 g/mol. The number of benzene rings is 1. The number of hydrogen-bond donors (Lipinski definition) is 1. The summed E-state index contributed by atoms with van der Waals surface area (Å²) in [4.78, 5) is 20.3. The van der Waals surface area contributed by atoms with E-state index in [2.05, 4.69) is 24.1 Å². The maximum Gasteiger partial charge on any atom is 0.261 e. The largest absolute Gasteiger partial charge is 0.312 e. The molecule has 5 nitrogen and oxygen atoms in total. The van der Waals surface area contributed by atoms with Gasteiger partial charge in [-0.25, -0.2) is 4.98 Å². The Kier molecular flexibility index (Phi) is 5.31. The summed E-state index contributed by atoms with van der Waals surface area (Å²) in [6, 6.07) is 8.37. The molecule has 24 heavy (non-hydrogen) atoms. The molecule has 1 aromatic carbocycles. The van der Waals surface area contributed by atoms with Crippen molar-refractivity contribution in [3.63, 3.8) is 0 Å². The molecule has 0 aliphatic carbocycles. The van der Waals surface area contributed by atoms with E-state index in [0.29, 0.717) is 18.0 Å². The zero-order valence-electron chi connectivity index (χ0n) is 15.0. The summed E-state index contributed by atoms with van der Waals surface area (Å²) in [5.41, 5.74) is 0.897. The van der Waals surface area contributed by atoms with Gasteiger partial charge in [0.25, 0.3) is 5.56 Å². The van der Waals surface area contributed by atoms with E-state index in [4.69, 9.17) is 4.98 Å². The minimum Gasteiger partial charge on any atom is -0.312 e. The van der Waals surface area contributed by atoms with Crippen molar-refractivity contribution in [2.75, 3.05) is 19.6 Å². The molecule has 0 radical (unpaired) electrons. The van der Waals surface area contributed by atoms with Crippen LogP contribution in [-0.4, -0.2) is 40.1 Å². The van der Waals surface area contributed by atoms with Crippen molar-refractivity contribution >= 4 is 10.9 Å². The van der Waals surface area contributed by atoms with Crippen molar-refractivity contribution in [2.24, 2.45) is 0 Å². The maximum absolute atomic E-state index is 12.9. The van der Waals surface area contributed by atoms with Crippen molar-refractivity contribution in [2.45, 2.75) is 52.2 Å². The average Bonchev–Trinajstić information content (AvgIpc) is 2.59. The summed E-state index contributed by atoms with van der Waals surface area (Å²) in [5.74, 6) is 0.928. The van der Waals surface area contributed by atoms with E-state index >= 15 is 0 Å². The van der Waals surface area contributed by atoms with Gasteiger partial charge in [-0.05, 0) is 32.4 Å². The Morgan fingerprint density at radius 3 is 2.83 bits per heavy atom. The summed E-state index contributed by atoms with van der Waals surface area (Å²) in [5, 5.41) is 4.21. The van der Waals surface area contributed by atoms with Crippen LogP contribution in [0.3, 0.4) is 0 Å². The Morgan fingerprint density at radius 2 is 2.12 bits per heavy atom. The number of aromatic nitrogens is 2. The fourth-order valence-corrected chi connectivity index (χ4v) is 3.74. The van der Waals surface area contributed by atoms with Gasteiger partial charge in [0, 0.05) is 32.2 Å². The van der Waals surface area contributed by atoms with Crippen LogP contribution in [0.4, 0.5) is 0 Å². The maximum atomic E-state index is 12.9. The molecule has 1 saturated heterocycles. The van der Waals surface area contributed by atoms with Gasteiger partial charge in [-0.2, -0.15) is 0 Å². The Bertz CT molecular complexity index is 755. The van der Waals surface area contributed by atoms with Crippen LogP contribution in [-0.2, 0) is 6.54 Å². The first-order valence-corrected chi connectivity index (χ1v) is 9.12. The van der Waals surface area contributed by atoms with Crippen LogP contribution in [0.15, 0.2) is 29.1 Å². The second-order valence-electron chi connectivity index (χ2n) is 6.69. The van der Waals surface area contributed by atoms with E-state index in [9.17, 15) is 4.79 Å². The fourth-order valence-electron chi connectivity index (χ4n) is 3.74. The van der Waals surface area contributed by atoms with E-state index in [1.165, 1.54) is 0 Å². The van der Waals surface area contributed by atoms with Crippen LogP contribution in [0.5, 0.6) is 0 Å². The summed E-state index contributed by atoms with van der Waals surface area (Å²) in [6.07, 6.45) is 2.10. The third-order valence-corrected chi connectivity index (χ3v) is 4.91. The summed E-state index contributed by atoms with van der Waals surface area (Å²) in [7, 11) is 0. The van der Waals surface area contributed by atoms with E-state index in [1.807, 2.05) is 35.8 Å². The van der Waals surface area contributed by atoms with Crippen molar-refractivity contribution in [3.05, 3.63) is 40.4 Å². The first-order valence-electron chi connectivity index (χ1n) is 9.12. The first kappa shape index (κ1) is 17.1. The molecule has 1 fully saturated rings. The highest BCUT2D eigenvalue weighted by Gasteiger charge is 2.28.